The van der Waals surface area contributed by atoms with Crippen LogP contribution in [0.3, 0.4) is 0 Å². The van der Waals surface area contributed by atoms with Gasteiger partial charge in [-0.25, -0.2) is 4.98 Å². The van der Waals surface area contributed by atoms with Gasteiger partial charge < -0.3 is 14.8 Å². The molecule has 0 aliphatic heterocycles. The van der Waals surface area contributed by atoms with E-state index < -0.39 is 0 Å². The molecule has 0 unspecified atom stereocenters. The molecule has 0 atom stereocenters. The summed E-state index contributed by atoms with van der Waals surface area (Å²) in [5.74, 6) is 1.73. The lowest BCUT2D eigenvalue weighted by atomic mass is 10.2. The number of nitrogens with one attached hydrogen (secondary N) is 1. The lowest BCUT2D eigenvalue weighted by molar-refractivity contribution is 0.0951. The van der Waals surface area contributed by atoms with Gasteiger partial charge in [0, 0.05) is 31.6 Å². The topological polar surface area (TPSA) is 50.2 Å². The van der Waals surface area contributed by atoms with Gasteiger partial charge in [-0.15, -0.1) is 0 Å². The normalized spacial score (nSPS) is 14.9. The van der Waals surface area contributed by atoms with Crippen molar-refractivity contribution in [3.63, 3.8) is 0 Å². The summed E-state index contributed by atoms with van der Waals surface area (Å²) in [5.41, 5.74) is 2.70. The van der Waals surface area contributed by atoms with E-state index in [0.29, 0.717) is 18.0 Å². The summed E-state index contributed by atoms with van der Waals surface area (Å²) in [6, 6.07) is 5.77. The van der Waals surface area contributed by atoms with Crippen molar-refractivity contribution in [2.75, 3.05) is 27.2 Å². The average Bonchev–Trinajstić information content (AvgIpc) is 3.23. The maximum absolute atomic E-state index is 12.1. The zero-order valence-electron chi connectivity index (χ0n) is 12.9. The Morgan fingerprint density at radius 3 is 2.86 bits per heavy atom. The van der Waals surface area contributed by atoms with Crippen LogP contribution in [0.4, 0.5) is 0 Å². The average molecular weight is 286 g/mol. The summed E-state index contributed by atoms with van der Waals surface area (Å²) in [6.45, 7) is 1.49. The second-order valence-electron chi connectivity index (χ2n) is 6.07. The molecule has 1 heterocycles. The number of hydrogen-bond donors (Lipinski definition) is 1. The van der Waals surface area contributed by atoms with E-state index in [1.54, 1.807) is 0 Å². The number of fused-ring (bicyclic) bond motifs is 1. The van der Waals surface area contributed by atoms with Crippen molar-refractivity contribution in [3.05, 3.63) is 29.6 Å². The first-order valence-electron chi connectivity index (χ1n) is 7.45. The third kappa shape index (κ3) is 2.93. The largest absolute Gasteiger partial charge is 0.351 e. The van der Waals surface area contributed by atoms with Crippen molar-refractivity contribution in [2.45, 2.75) is 18.8 Å². The molecule has 1 aliphatic carbocycles. The highest BCUT2D eigenvalue weighted by Gasteiger charge is 2.28. The molecular formula is C16H22N4O. The number of benzene rings is 1. The monoisotopic (exact) mass is 286 g/mol. The fourth-order valence-corrected chi connectivity index (χ4v) is 2.56. The van der Waals surface area contributed by atoms with Crippen molar-refractivity contribution in [3.8, 4) is 0 Å². The van der Waals surface area contributed by atoms with Crippen molar-refractivity contribution in [1.29, 1.82) is 0 Å². The first-order valence-corrected chi connectivity index (χ1v) is 7.45. The van der Waals surface area contributed by atoms with Gasteiger partial charge >= 0.3 is 0 Å². The fourth-order valence-electron chi connectivity index (χ4n) is 2.56. The highest BCUT2D eigenvalue weighted by molar-refractivity contribution is 5.97. The van der Waals surface area contributed by atoms with Gasteiger partial charge in [0.1, 0.15) is 5.82 Å². The number of rotatable bonds is 5. The molecule has 1 saturated carbocycles. The van der Waals surface area contributed by atoms with Gasteiger partial charge in [-0.1, -0.05) is 0 Å². The quantitative estimate of drug-likeness (QED) is 0.911. The van der Waals surface area contributed by atoms with Gasteiger partial charge in [-0.05, 0) is 45.1 Å². The first kappa shape index (κ1) is 14.1. The molecule has 5 heteroatoms. The van der Waals surface area contributed by atoms with E-state index >= 15 is 0 Å². The molecule has 0 saturated heterocycles. The molecule has 5 nitrogen and oxygen atoms in total. The molecule has 1 aliphatic rings. The van der Waals surface area contributed by atoms with Crippen LogP contribution in [0.5, 0.6) is 0 Å². The van der Waals surface area contributed by atoms with Gasteiger partial charge in [0.2, 0.25) is 0 Å². The Hall–Kier alpha value is -1.88. The Morgan fingerprint density at radius 1 is 1.43 bits per heavy atom. The fraction of sp³-hybridized carbons (Fsp3) is 0.500. The summed E-state index contributed by atoms with van der Waals surface area (Å²) in [6.07, 6.45) is 2.46. The van der Waals surface area contributed by atoms with Crippen LogP contribution in [-0.2, 0) is 7.05 Å². The minimum Gasteiger partial charge on any atom is -0.351 e. The molecule has 2 aromatic rings. The number of hydrogen-bond acceptors (Lipinski definition) is 3. The lowest BCUT2D eigenvalue weighted by Gasteiger charge is -2.10. The summed E-state index contributed by atoms with van der Waals surface area (Å²) in [5, 5.41) is 2.94. The Kier molecular flexibility index (Phi) is 3.68. The maximum Gasteiger partial charge on any atom is 0.251 e. The molecule has 1 aromatic heterocycles. The predicted octanol–water partition coefficient (Wildman–Crippen LogP) is 1.74. The highest BCUT2D eigenvalue weighted by atomic mass is 16.1. The van der Waals surface area contributed by atoms with E-state index in [1.165, 1.54) is 12.8 Å². The zero-order chi connectivity index (χ0) is 15.0. The highest BCUT2D eigenvalue weighted by Crippen LogP contribution is 2.40. The number of carbonyl (C=O) groups is 1. The molecule has 0 spiro atoms. The van der Waals surface area contributed by atoms with Gasteiger partial charge in [-0.3, -0.25) is 4.79 Å². The Labute approximate surface area is 125 Å². The van der Waals surface area contributed by atoms with Gasteiger partial charge in [0.25, 0.3) is 5.91 Å². The first-order chi connectivity index (χ1) is 10.1. The summed E-state index contributed by atoms with van der Waals surface area (Å²) in [4.78, 5) is 18.9. The lowest BCUT2D eigenvalue weighted by Crippen LogP contribution is -2.31. The van der Waals surface area contributed by atoms with Crippen molar-refractivity contribution in [1.82, 2.24) is 19.8 Å². The van der Waals surface area contributed by atoms with Crippen LogP contribution >= 0.6 is 0 Å². The number of aryl methyl sites for hydroxylation is 1. The maximum atomic E-state index is 12.1. The zero-order valence-corrected chi connectivity index (χ0v) is 12.9. The molecule has 1 fully saturated rings. The Balaban J connectivity index is 1.79. The minimum atomic E-state index is -0.0302. The molecule has 1 amide bonds. The molecule has 112 valence electrons. The third-order valence-electron chi connectivity index (χ3n) is 3.96. The molecule has 3 rings (SSSR count). The second kappa shape index (κ2) is 5.48. The van der Waals surface area contributed by atoms with Crippen LogP contribution in [0.1, 0.15) is 34.9 Å². The van der Waals surface area contributed by atoms with Crippen LogP contribution in [-0.4, -0.2) is 47.5 Å². The number of amides is 1. The minimum absolute atomic E-state index is 0.0302. The standard InChI is InChI=1S/C16H22N4O/c1-19(2)9-8-17-16(21)12-6-7-14-13(10-12)18-15(20(14)3)11-4-5-11/h6-7,10-11H,4-5,8-9H2,1-3H3,(H,17,21). The molecule has 1 aromatic carbocycles. The summed E-state index contributed by atoms with van der Waals surface area (Å²) < 4.78 is 2.15. The van der Waals surface area contributed by atoms with E-state index in [4.69, 9.17) is 4.98 Å². The van der Waals surface area contributed by atoms with E-state index in [2.05, 4.69) is 16.9 Å². The number of nitrogens with zero attached hydrogens (tertiary/aromatic N) is 3. The Morgan fingerprint density at radius 2 is 2.19 bits per heavy atom. The van der Waals surface area contributed by atoms with Gasteiger partial charge in [0.05, 0.1) is 11.0 Å². The van der Waals surface area contributed by atoms with Crippen LogP contribution in [0, 0.1) is 0 Å². The number of imidazole rings is 1. The van der Waals surface area contributed by atoms with Gasteiger partial charge in [-0.2, -0.15) is 0 Å². The molecular weight excluding hydrogens is 264 g/mol. The SMILES string of the molecule is CN(C)CCNC(=O)c1ccc2c(c1)nc(C1CC1)n2C. The molecule has 21 heavy (non-hydrogen) atoms. The Bertz CT molecular complexity index is 670. The predicted molar refractivity (Wildman–Crippen MR) is 83.6 cm³/mol. The summed E-state index contributed by atoms with van der Waals surface area (Å²) >= 11 is 0. The van der Waals surface area contributed by atoms with Crippen LogP contribution < -0.4 is 5.32 Å². The van der Waals surface area contributed by atoms with E-state index in [9.17, 15) is 4.79 Å². The van der Waals surface area contributed by atoms with Crippen molar-refractivity contribution in [2.24, 2.45) is 7.05 Å². The smallest absolute Gasteiger partial charge is 0.251 e. The van der Waals surface area contributed by atoms with E-state index in [1.807, 2.05) is 37.2 Å². The van der Waals surface area contributed by atoms with Crippen LogP contribution in [0.15, 0.2) is 18.2 Å². The number of carbonyl (C=O) groups excluding carboxylic acids is 1. The van der Waals surface area contributed by atoms with Crippen LogP contribution in [0.2, 0.25) is 0 Å². The molecule has 1 N–H and O–H groups in total. The van der Waals surface area contributed by atoms with E-state index in [-0.39, 0.29) is 5.91 Å². The molecule has 0 radical (unpaired) electrons. The number of aromatic nitrogens is 2. The summed E-state index contributed by atoms with van der Waals surface area (Å²) in [7, 11) is 6.04. The number of likely N-dealkylation sites (N-methyl/N-ethyl adjacent to an activating group) is 1. The van der Waals surface area contributed by atoms with Crippen molar-refractivity contribution >= 4 is 16.9 Å². The van der Waals surface area contributed by atoms with Crippen molar-refractivity contribution < 1.29 is 4.79 Å². The second-order valence-corrected chi connectivity index (χ2v) is 6.07. The van der Waals surface area contributed by atoms with Gasteiger partial charge in [0.15, 0.2) is 0 Å². The van der Waals surface area contributed by atoms with Crippen LogP contribution in [0.25, 0.3) is 11.0 Å². The molecule has 0 bridgehead atoms. The third-order valence-corrected chi connectivity index (χ3v) is 3.96. The van der Waals surface area contributed by atoms with E-state index in [0.717, 1.165) is 23.4 Å².